The molecule has 0 N–H and O–H groups in total. The number of benzene rings is 4. The molecular weight excluding hydrogens is 909 g/mol. The van der Waals surface area contributed by atoms with Gasteiger partial charge in [-0.1, -0.05) is 48.5 Å². The molecule has 0 unspecified atom stereocenters. The Morgan fingerprint density at radius 2 is 0.571 bits per heavy atom. The van der Waals surface area contributed by atoms with Gasteiger partial charge in [-0.3, -0.25) is 0 Å². The Morgan fingerprint density at radius 1 is 0.314 bits per heavy atom. The van der Waals surface area contributed by atoms with Crippen molar-refractivity contribution in [1.29, 1.82) is 0 Å². The third-order valence-electron chi connectivity index (χ3n) is 9.75. The molecule has 4 rings (SSSR count). The topological polar surface area (TPSA) is 173 Å². The van der Waals surface area contributed by atoms with E-state index in [9.17, 15) is 9.59 Å². The Balaban J connectivity index is 0.871. The van der Waals surface area contributed by atoms with E-state index in [0.717, 1.165) is 28.0 Å². The Labute approximate surface area is 412 Å². The summed E-state index contributed by atoms with van der Waals surface area (Å²) in [6, 6.07) is 29.4. The van der Waals surface area contributed by atoms with Gasteiger partial charge in [-0.2, -0.15) is 0 Å². The molecule has 17 heteroatoms. The van der Waals surface area contributed by atoms with Crippen LogP contribution in [0, 0.1) is 0 Å². The molecule has 0 amide bonds. The number of hydrogen-bond acceptors (Lipinski definition) is 17. The number of esters is 2. The van der Waals surface area contributed by atoms with Crippen LogP contribution in [0.2, 0.25) is 0 Å². The highest BCUT2D eigenvalue weighted by molar-refractivity contribution is 5.92. The van der Waals surface area contributed by atoms with E-state index in [-0.39, 0.29) is 5.97 Å². The summed E-state index contributed by atoms with van der Waals surface area (Å²) >= 11 is 0. The van der Waals surface area contributed by atoms with Gasteiger partial charge < -0.3 is 71.1 Å². The quantitative estimate of drug-likeness (QED) is 0.0263. The van der Waals surface area contributed by atoms with Gasteiger partial charge in [0.15, 0.2) is 0 Å². The van der Waals surface area contributed by atoms with Gasteiger partial charge in [0.2, 0.25) is 0 Å². The first-order chi connectivity index (χ1) is 34.6. The molecule has 0 aromatic heterocycles. The van der Waals surface area contributed by atoms with Gasteiger partial charge in [-0.15, -0.1) is 0 Å². The molecule has 0 saturated carbocycles. The van der Waals surface area contributed by atoms with Crippen LogP contribution in [0.1, 0.15) is 27.6 Å². The van der Waals surface area contributed by atoms with E-state index < -0.39 is 5.97 Å². The molecule has 0 heterocycles. The van der Waals surface area contributed by atoms with E-state index in [4.69, 9.17) is 71.1 Å². The highest BCUT2D eigenvalue weighted by Gasteiger charge is 2.11. The normalized spacial score (nSPS) is 11.2. The zero-order valence-electron chi connectivity index (χ0n) is 40.9. The smallest absolute Gasteiger partial charge is 0.343 e. The van der Waals surface area contributed by atoms with Gasteiger partial charge in [0.1, 0.15) is 18.1 Å². The zero-order valence-corrected chi connectivity index (χ0v) is 40.9. The Hall–Kier alpha value is -4.86. The predicted octanol–water partition coefficient (Wildman–Crippen LogP) is 6.62. The molecule has 4 aromatic rings. The second-order valence-corrected chi connectivity index (χ2v) is 14.9. The third-order valence-corrected chi connectivity index (χ3v) is 9.75. The van der Waals surface area contributed by atoms with Gasteiger partial charge in [-0.05, 0) is 77.7 Å². The van der Waals surface area contributed by atoms with E-state index in [0.29, 0.717) is 182 Å². The van der Waals surface area contributed by atoms with Crippen LogP contribution in [0.25, 0.3) is 22.3 Å². The van der Waals surface area contributed by atoms with Crippen molar-refractivity contribution < 1.29 is 80.6 Å². The first-order valence-corrected chi connectivity index (χ1v) is 23.8. The lowest BCUT2D eigenvalue weighted by molar-refractivity contribution is -0.0282. The lowest BCUT2D eigenvalue weighted by atomic mass is 10.0. The maximum Gasteiger partial charge on any atom is 0.343 e. The Morgan fingerprint density at radius 3 is 0.871 bits per heavy atom. The molecule has 0 radical (unpaired) electrons. The van der Waals surface area contributed by atoms with Crippen LogP contribution >= 0.6 is 0 Å². The second kappa shape index (κ2) is 38.8. The molecule has 386 valence electrons. The molecule has 0 saturated heterocycles. The van der Waals surface area contributed by atoms with Crippen molar-refractivity contribution in [3.63, 3.8) is 0 Å². The van der Waals surface area contributed by atoms with Crippen LogP contribution in [0.15, 0.2) is 97.1 Å². The van der Waals surface area contributed by atoms with E-state index in [1.807, 2.05) is 60.7 Å². The highest BCUT2D eigenvalue weighted by atomic mass is 16.6. The van der Waals surface area contributed by atoms with Gasteiger partial charge in [0.25, 0.3) is 0 Å². The summed E-state index contributed by atoms with van der Waals surface area (Å²) in [6.45, 7) is 14.0. The van der Waals surface area contributed by atoms with Crippen molar-refractivity contribution in [3.8, 4) is 33.8 Å². The van der Waals surface area contributed by atoms with E-state index >= 15 is 0 Å². The van der Waals surface area contributed by atoms with Crippen molar-refractivity contribution in [1.82, 2.24) is 0 Å². The number of rotatable bonds is 43. The summed E-state index contributed by atoms with van der Waals surface area (Å²) in [6.07, 6.45) is 0. The molecule has 0 aliphatic rings. The molecule has 0 spiro atoms. The fraction of sp³-hybridized carbons (Fsp3) is 0.509. The number of hydrogen-bond donors (Lipinski definition) is 0. The largest absolute Gasteiger partial charge is 0.491 e. The van der Waals surface area contributed by atoms with E-state index in [1.54, 1.807) is 50.4 Å². The van der Waals surface area contributed by atoms with E-state index in [2.05, 4.69) is 0 Å². The summed E-state index contributed by atoms with van der Waals surface area (Å²) in [5, 5.41) is 0. The summed E-state index contributed by atoms with van der Waals surface area (Å²) in [5.74, 6) is 0.355. The van der Waals surface area contributed by atoms with Crippen molar-refractivity contribution in [2.75, 3.05) is 172 Å². The van der Waals surface area contributed by atoms with Crippen molar-refractivity contribution in [2.45, 2.75) is 6.92 Å². The lowest BCUT2D eigenvalue weighted by Gasteiger charge is -2.10. The van der Waals surface area contributed by atoms with Gasteiger partial charge in [-0.25, -0.2) is 9.59 Å². The van der Waals surface area contributed by atoms with Crippen LogP contribution in [0.4, 0.5) is 0 Å². The van der Waals surface area contributed by atoms with Crippen molar-refractivity contribution in [3.05, 3.63) is 108 Å². The first kappa shape index (κ1) is 57.7. The SMILES string of the molecule is CCOC(=O)c1ccc(-c2ccc(OC(=O)c3ccc(-c4ccc(OCCOCCOCCOCCOCCOCCOCCOCCOCCOCCOCCOCCOC)cc4)cc3)cc2)cc1. The summed E-state index contributed by atoms with van der Waals surface area (Å²) in [7, 11) is 1.64. The number of ether oxygens (including phenoxy) is 15. The lowest BCUT2D eigenvalue weighted by Crippen LogP contribution is -2.15. The van der Waals surface area contributed by atoms with Crippen molar-refractivity contribution >= 4 is 11.9 Å². The summed E-state index contributed by atoms with van der Waals surface area (Å²) in [4.78, 5) is 24.8. The second-order valence-electron chi connectivity index (χ2n) is 14.9. The van der Waals surface area contributed by atoms with Gasteiger partial charge in [0, 0.05) is 7.11 Å². The Kier molecular flexibility index (Phi) is 32.0. The summed E-state index contributed by atoms with van der Waals surface area (Å²) in [5.41, 5.74) is 4.72. The molecule has 0 atom stereocenters. The van der Waals surface area contributed by atoms with Crippen LogP contribution in [0.5, 0.6) is 11.5 Å². The maximum absolute atomic E-state index is 12.9. The van der Waals surface area contributed by atoms with Gasteiger partial charge >= 0.3 is 11.9 Å². The molecule has 70 heavy (non-hydrogen) atoms. The first-order valence-electron chi connectivity index (χ1n) is 23.8. The zero-order chi connectivity index (χ0) is 49.4. The molecule has 0 fully saturated rings. The molecule has 0 aliphatic heterocycles. The fourth-order valence-electron chi connectivity index (χ4n) is 6.10. The van der Waals surface area contributed by atoms with E-state index in [1.165, 1.54) is 0 Å². The molecular formula is C53H72O17. The number of carbonyl (C=O) groups is 2. The minimum Gasteiger partial charge on any atom is -0.491 e. The van der Waals surface area contributed by atoms with Crippen LogP contribution in [-0.4, -0.2) is 184 Å². The van der Waals surface area contributed by atoms with Crippen molar-refractivity contribution in [2.24, 2.45) is 0 Å². The number of carbonyl (C=O) groups excluding carboxylic acids is 2. The highest BCUT2D eigenvalue weighted by Crippen LogP contribution is 2.26. The number of methoxy groups -OCH3 is 1. The van der Waals surface area contributed by atoms with Crippen LogP contribution in [-0.2, 0) is 61.6 Å². The molecule has 17 nitrogen and oxygen atoms in total. The van der Waals surface area contributed by atoms with Gasteiger partial charge in [0.05, 0.1) is 170 Å². The Bertz CT molecular complexity index is 1890. The maximum atomic E-state index is 12.9. The third kappa shape index (κ3) is 26.4. The standard InChI is InChI=1S/C53H72O17/c1-3-68-52(54)48-8-4-44(5-9-48)47-14-18-51(19-15-47)70-53(55)49-10-6-45(7-11-49)46-12-16-50(17-13-46)69-43-42-67-41-40-66-39-38-65-37-36-64-35-34-63-33-32-62-31-30-61-29-28-60-27-26-59-25-24-58-23-22-57-21-20-56-2/h4-19H,3,20-43H2,1-2H3. The average molecular weight is 981 g/mol. The summed E-state index contributed by atoms with van der Waals surface area (Å²) < 4.78 is 81.8. The average Bonchev–Trinajstić information content (AvgIpc) is 3.39. The molecule has 4 aromatic carbocycles. The molecule has 0 aliphatic carbocycles. The fourth-order valence-corrected chi connectivity index (χ4v) is 6.10. The minimum atomic E-state index is -0.452. The predicted molar refractivity (Wildman–Crippen MR) is 261 cm³/mol. The monoisotopic (exact) mass is 980 g/mol. The van der Waals surface area contributed by atoms with Crippen LogP contribution in [0.3, 0.4) is 0 Å². The minimum absolute atomic E-state index is 0.325. The van der Waals surface area contributed by atoms with Crippen LogP contribution < -0.4 is 9.47 Å². The molecule has 0 bridgehead atoms.